The average Bonchev–Trinajstić information content (AvgIpc) is 2.74. The lowest BCUT2D eigenvalue weighted by molar-refractivity contribution is -0.134. The van der Waals surface area contributed by atoms with Crippen LogP contribution >= 0.6 is 11.6 Å². The van der Waals surface area contributed by atoms with Crippen molar-refractivity contribution in [1.82, 2.24) is 10.4 Å². The third-order valence-electron chi connectivity index (χ3n) is 3.47. The minimum Gasteiger partial charge on any atom is -0.481 e. The molecule has 3 aromatic rings. The summed E-state index contributed by atoms with van der Waals surface area (Å²) >= 11 is 5.81. The summed E-state index contributed by atoms with van der Waals surface area (Å²) in [6.07, 6.45) is 4.51. The van der Waals surface area contributed by atoms with Gasteiger partial charge in [0.15, 0.2) is 0 Å². The Kier molecular flexibility index (Phi) is 10.8. The van der Waals surface area contributed by atoms with Crippen LogP contribution in [0.2, 0.25) is 5.02 Å². The maximum absolute atomic E-state index is 12.1. The molecular formula is C22H20ClN3O6. The second kappa shape index (κ2) is 13.3. The number of hydrazone groups is 1. The fraction of sp³-hybridized carbons (Fsp3) is 0.0455. The summed E-state index contributed by atoms with van der Waals surface area (Å²) in [7, 11) is 0. The van der Waals surface area contributed by atoms with Crippen LogP contribution in [0.4, 0.5) is 0 Å². The lowest BCUT2D eigenvalue weighted by Gasteiger charge is -2.05. The number of nitrogens with one attached hydrogen (secondary N) is 1. The molecule has 1 amide bonds. The summed E-state index contributed by atoms with van der Waals surface area (Å²) in [4.78, 5) is 36.9. The van der Waals surface area contributed by atoms with Crippen molar-refractivity contribution < 1.29 is 29.7 Å². The van der Waals surface area contributed by atoms with Crippen LogP contribution in [-0.4, -0.2) is 39.6 Å². The number of carboxylic acids is 1. The number of aliphatic carboxylic acids is 1. The van der Waals surface area contributed by atoms with Gasteiger partial charge in [-0.05, 0) is 54.1 Å². The normalized spacial score (nSPS) is 9.69. The van der Waals surface area contributed by atoms with Gasteiger partial charge in [0.2, 0.25) is 0 Å². The number of esters is 1. The highest BCUT2D eigenvalue weighted by molar-refractivity contribution is 6.30. The molecule has 0 aliphatic carbocycles. The Labute approximate surface area is 188 Å². The molecule has 0 unspecified atom stereocenters. The van der Waals surface area contributed by atoms with E-state index < -0.39 is 11.9 Å². The largest absolute Gasteiger partial charge is 0.481 e. The number of nitrogens with zero attached hydrogens (tertiary/aromatic N) is 2. The van der Waals surface area contributed by atoms with Crippen molar-refractivity contribution in [3.63, 3.8) is 0 Å². The minimum absolute atomic E-state index is 0. The van der Waals surface area contributed by atoms with Gasteiger partial charge in [0.25, 0.3) is 11.9 Å². The van der Waals surface area contributed by atoms with Crippen molar-refractivity contribution in [2.45, 2.75) is 6.92 Å². The Hall–Kier alpha value is -4.08. The lowest BCUT2D eigenvalue weighted by atomic mass is 10.2. The molecule has 10 heteroatoms. The maximum atomic E-state index is 12.1. The first-order valence-electron chi connectivity index (χ1n) is 8.86. The summed E-state index contributed by atoms with van der Waals surface area (Å²) < 4.78 is 5.34. The summed E-state index contributed by atoms with van der Waals surface area (Å²) in [5.74, 6) is -1.31. The summed E-state index contributed by atoms with van der Waals surface area (Å²) in [5, 5.41) is 11.9. The summed E-state index contributed by atoms with van der Waals surface area (Å²) in [6, 6.07) is 16.4. The van der Waals surface area contributed by atoms with Crippen molar-refractivity contribution >= 4 is 35.7 Å². The molecule has 166 valence electrons. The van der Waals surface area contributed by atoms with E-state index in [1.54, 1.807) is 60.7 Å². The number of rotatable bonds is 5. The predicted octanol–water partition coefficient (Wildman–Crippen LogP) is 2.98. The first-order valence-corrected chi connectivity index (χ1v) is 9.23. The average molecular weight is 458 g/mol. The smallest absolute Gasteiger partial charge is 0.343 e. The van der Waals surface area contributed by atoms with Crippen LogP contribution < -0.4 is 10.2 Å². The van der Waals surface area contributed by atoms with Crippen molar-refractivity contribution in [1.29, 1.82) is 0 Å². The van der Waals surface area contributed by atoms with Gasteiger partial charge in [-0.1, -0.05) is 23.7 Å². The van der Waals surface area contributed by atoms with E-state index in [-0.39, 0.29) is 11.4 Å². The Bertz CT molecular complexity index is 1070. The third kappa shape index (κ3) is 9.16. The van der Waals surface area contributed by atoms with Crippen molar-refractivity contribution in [2.75, 3.05) is 0 Å². The monoisotopic (exact) mass is 457 g/mol. The molecule has 0 atom stereocenters. The molecule has 9 nitrogen and oxygen atoms in total. The number of carbonyl (C=O) groups is 3. The van der Waals surface area contributed by atoms with E-state index in [9.17, 15) is 9.59 Å². The van der Waals surface area contributed by atoms with Crippen LogP contribution in [0.1, 0.15) is 33.2 Å². The number of carbonyl (C=O) groups excluding carboxylic acids is 2. The molecule has 0 saturated carbocycles. The SMILES string of the molecule is CC(=O)O.O.O=C(N/N=C/c1cccc(OC(=O)c2ccc(Cl)cc2)c1)c1ccncc1. The van der Waals surface area contributed by atoms with E-state index in [2.05, 4.69) is 15.5 Å². The van der Waals surface area contributed by atoms with Crippen molar-refractivity contribution in [3.8, 4) is 5.75 Å². The molecule has 0 spiro atoms. The van der Waals surface area contributed by atoms with Crippen LogP contribution in [0.3, 0.4) is 0 Å². The number of hydrogen-bond donors (Lipinski definition) is 2. The Morgan fingerprint density at radius 1 is 1.03 bits per heavy atom. The molecular weight excluding hydrogens is 438 g/mol. The van der Waals surface area contributed by atoms with Gasteiger partial charge >= 0.3 is 5.97 Å². The van der Waals surface area contributed by atoms with Crippen LogP contribution in [-0.2, 0) is 4.79 Å². The second-order valence-electron chi connectivity index (χ2n) is 5.92. The highest BCUT2D eigenvalue weighted by Crippen LogP contribution is 2.16. The van der Waals surface area contributed by atoms with E-state index in [1.807, 2.05) is 0 Å². The quantitative estimate of drug-likeness (QED) is 0.260. The molecule has 32 heavy (non-hydrogen) atoms. The van der Waals surface area contributed by atoms with Gasteiger partial charge < -0.3 is 15.3 Å². The number of amides is 1. The molecule has 0 aliphatic rings. The minimum atomic E-state index is -0.833. The Morgan fingerprint density at radius 2 is 1.66 bits per heavy atom. The van der Waals surface area contributed by atoms with Gasteiger partial charge in [0.05, 0.1) is 11.8 Å². The first-order chi connectivity index (χ1) is 14.8. The lowest BCUT2D eigenvalue weighted by Crippen LogP contribution is -2.17. The molecule has 0 saturated heterocycles. The number of benzene rings is 2. The van der Waals surface area contributed by atoms with Gasteiger partial charge in [-0.2, -0.15) is 5.10 Å². The highest BCUT2D eigenvalue weighted by Gasteiger charge is 2.08. The summed E-state index contributed by atoms with van der Waals surface area (Å²) in [6.45, 7) is 1.08. The standard InChI is InChI=1S/C20H14ClN3O3.C2H4O2.H2O/c21-17-6-4-16(5-7-17)20(26)27-18-3-1-2-14(12-18)13-23-24-19(25)15-8-10-22-11-9-15;1-2(3)4;/h1-13H,(H,24,25);1H3,(H,3,4);1H2/b23-13+;;. The number of ether oxygens (including phenoxy) is 1. The maximum Gasteiger partial charge on any atom is 0.343 e. The highest BCUT2D eigenvalue weighted by atomic mass is 35.5. The van der Waals surface area contributed by atoms with E-state index in [4.69, 9.17) is 26.2 Å². The van der Waals surface area contributed by atoms with Gasteiger partial charge in [-0.3, -0.25) is 14.6 Å². The van der Waals surface area contributed by atoms with Gasteiger partial charge in [0, 0.05) is 29.9 Å². The van der Waals surface area contributed by atoms with E-state index in [0.29, 0.717) is 27.5 Å². The molecule has 1 aromatic heterocycles. The fourth-order valence-corrected chi connectivity index (χ4v) is 2.27. The number of carboxylic acid groups (broad SMARTS) is 1. The molecule has 0 bridgehead atoms. The number of aromatic nitrogens is 1. The van der Waals surface area contributed by atoms with Crippen LogP contribution in [0, 0.1) is 0 Å². The Morgan fingerprint density at radius 3 is 2.28 bits per heavy atom. The molecule has 2 aromatic carbocycles. The second-order valence-corrected chi connectivity index (χ2v) is 6.36. The van der Waals surface area contributed by atoms with Gasteiger partial charge in [-0.25, -0.2) is 10.2 Å². The van der Waals surface area contributed by atoms with Gasteiger partial charge in [0.1, 0.15) is 5.75 Å². The molecule has 0 aliphatic heterocycles. The molecule has 0 fully saturated rings. The van der Waals surface area contributed by atoms with E-state index >= 15 is 0 Å². The topological polar surface area (TPSA) is 149 Å². The molecule has 4 N–H and O–H groups in total. The Balaban J connectivity index is 0.000000945. The van der Waals surface area contributed by atoms with Crippen molar-refractivity contribution in [2.24, 2.45) is 5.10 Å². The number of halogens is 1. The summed E-state index contributed by atoms with van der Waals surface area (Å²) in [5.41, 5.74) is 3.92. The van der Waals surface area contributed by atoms with Crippen LogP contribution in [0.5, 0.6) is 5.75 Å². The zero-order chi connectivity index (χ0) is 22.6. The molecule has 3 rings (SSSR count). The number of hydrogen-bond acceptors (Lipinski definition) is 6. The zero-order valence-corrected chi connectivity index (χ0v) is 17.6. The molecule has 1 heterocycles. The van der Waals surface area contributed by atoms with Gasteiger partial charge in [-0.15, -0.1) is 0 Å². The third-order valence-corrected chi connectivity index (χ3v) is 3.72. The fourth-order valence-electron chi connectivity index (χ4n) is 2.14. The molecule has 0 radical (unpaired) electrons. The zero-order valence-electron chi connectivity index (χ0n) is 16.9. The van der Waals surface area contributed by atoms with E-state index in [1.165, 1.54) is 18.6 Å². The van der Waals surface area contributed by atoms with Crippen LogP contribution in [0.15, 0.2) is 78.2 Å². The predicted molar refractivity (Wildman–Crippen MR) is 119 cm³/mol. The first kappa shape index (κ1) is 26.0. The number of pyridine rings is 1. The van der Waals surface area contributed by atoms with E-state index in [0.717, 1.165) is 6.92 Å². The van der Waals surface area contributed by atoms with Crippen LogP contribution in [0.25, 0.3) is 0 Å². The van der Waals surface area contributed by atoms with Crippen molar-refractivity contribution in [3.05, 3.63) is 94.8 Å².